The SMILES string of the molecule is CCOC(O)C(C)C[SH+]c1ccc2ccccc2c1.F[B-](F)(F)F. The molecule has 0 saturated carbocycles. The lowest BCUT2D eigenvalue weighted by molar-refractivity contribution is -0.120. The van der Waals surface area contributed by atoms with Gasteiger partial charge in [0.05, 0.1) is 5.92 Å². The van der Waals surface area contributed by atoms with Gasteiger partial charge in [0.2, 0.25) is 0 Å². The van der Waals surface area contributed by atoms with Gasteiger partial charge in [0.15, 0.2) is 11.2 Å². The summed E-state index contributed by atoms with van der Waals surface area (Å²) in [5.74, 6) is 1.05. The highest BCUT2D eigenvalue weighted by Crippen LogP contribution is 2.18. The van der Waals surface area contributed by atoms with Gasteiger partial charge in [0.1, 0.15) is 5.75 Å². The lowest BCUT2D eigenvalue weighted by atomic mass is 10.1. The Hall–Kier alpha value is -1.25. The van der Waals surface area contributed by atoms with E-state index in [1.165, 1.54) is 27.4 Å². The summed E-state index contributed by atoms with van der Waals surface area (Å²) < 4.78 is 44.2. The molecule has 24 heavy (non-hydrogen) atoms. The monoisotopic (exact) mass is 364 g/mol. The minimum Gasteiger partial charge on any atom is -0.418 e. The molecule has 0 amide bonds. The molecule has 0 fully saturated rings. The standard InChI is InChI=1S/C16H20O2S.BF4/c1-3-18-16(17)12(2)11-19-15-9-8-13-6-4-5-7-14(13)10-15;2-1(3,4)5/h4-10,12,16-17H,3,11H2,1-2H3;/q;-1/p+1. The van der Waals surface area contributed by atoms with Crippen LogP contribution in [-0.2, 0) is 16.5 Å². The molecule has 0 aliphatic rings. The number of aliphatic hydroxyl groups excluding tert-OH is 1. The van der Waals surface area contributed by atoms with Gasteiger partial charge in [0.25, 0.3) is 0 Å². The van der Waals surface area contributed by atoms with Crippen molar-refractivity contribution in [2.24, 2.45) is 5.92 Å². The zero-order valence-electron chi connectivity index (χ0n) is 13.5. The van der Waals surface area contributed by atoms with Crippen LogP contribution in [0.3, 0.4) is 0 Å². The van der Waals surface area contributed by atoms with Crippen molar-refractivity contribution in [2.45, 2.75) is 25.0 Å². The fourth-order valence-corrected chi connectivity index (χ4v) is 3.04. The largest absolute Gasteiger partial charge is 0.673 e. The number of thiol groups is 1. The number of aliphatic hydroxyl groups is 1. The maximum atomic E-state index is 9.75. The third kappa shape index (κ3) is 8.56. The van der Waals surface area contributed by atoms with Crippen molar-refractivity contribution in [2.75, 3.05) is 12.4 Å². The Labute approximate surface area is 143 Å². The van der Waals surface area contributed by atoms with Crippen molar-refractivity contribution in [3.8, 4) is 0 Å². The Kier molecular flexibility index (Phi) is 8.59. The smallest absolute Gasteiger partial charge is 0.418 e. The molecule has 0 saturated heterocycles. The topological polar surface area (TPSA) is 29.5 Å². The van der Waals surface area contributed by atoms with Gasteiger partial charge in [-0.25, -0.2) is 0 Å². The summed E-state index contributed by atoms with van der Waals surface area (Å²) >= 11 is 1.23. The van der Waals surface area contributed by atoms with Crippen molar-refractivity contribution >= 4 is 29.8 Å². The number of benzene rings is 2. The van der Waals surface area contributed by atoms with Crippen LogP contribution in [0.2, 0.25) is 0 Å². The molecule has 2 unspecified atom stereocenters. The summed E-state index contributed by atoms with van der Waals surface area (Å²) in [5, 5.41) is 12.3. The Morgan fingerprint density at radius 2 is 1.67 bits per heavy atom. The first-order valence-electron chi connectivity index (χ1n) is 7.54. The average Bonchev–Trinajstić information content (AvgIpc) is 2.51. The van der Waals surface area contributed by atoms with E-state index >= 15 is 0 Å². The summed E-state index contributed by atoms with van der Waals surface area (Å²) in [6, 6.07) is 14.9. The highest BCUT2D eigenvalue weighted by molar-refractivity contribution is 7.78. The maximum absolute atomic E-state index is 9.75. The van der Waals surface area contributed by atoms with Gasteiger partial charge >= 0.3 is 7.25 Å². The van der Waals surface area contributed by atoms with E-state index in [2.05, 4.69) is 42.5 Å². The number of hydrogen-bond acceptors (Lipinski definition) is 2. The molecule has 0 spiro atoms. The van der Waals surface area contributed by atoms with Crippen LogP contribution in [0.5, 0.6) is 0 Å². The Bertz CT molecular complexity index is 618. The number of rotatable bonds is 6. The average molecular weight is 364 g/mol. The molecule has 2 aromatic rings. The molecular formula is C16H21BF4O2S. The molecule has 2 nitrogen and oxygen atoms in total. The lowest BCUT2D eigenvalue weighted by Crippen LogP contribution is -2.24. The predicted molar refractivity (Wildman–Crippen MR) is 92.8 cm³/mol. The van der Waals surface area contributed by atoms with Gasteiger partial charge in [-0.1, -0.05) is 31.2 Å². The van der Waals surface area contributed by atoms with Crippen LogP contribution in [0.25, 0.3) is 10.8 Å². The third-order valence-electron chi connectivity index (χ3n) is 3.12. The molecule has 8 heteroatoms. The van der Waals surface area contributed by atoms with Crippen molar-refractivity contribution in [3.05, 3.63) is 42.5 Å². The van der Waals surface area contributed by atoms with E-state index in [-0.39, 0.29) is 5.92 Å². The van der Waals surface area contributed by atoms with E-state index in [1.807, 2.05) is 13.8 Å². The van der Waals surface area contributed by atoms with Crippen LogP contribution >= 0.6 is 0 Å². The van der Waals surface area contributed by atoms with Crippen molar-refractivity contribution in [3.63, 3.8) is 0 Å². The number of fused-ring (bicyclic) bond motifs is 1. The van der Waals surface area contributed by atoms with Crippen LogP contribution in [0.4, 0.5) is 17.3 Å². The summed E-state index contributed by atoms with van der Waals surface area (Å²) in [6.07, 6.45) is -0.655. The molecule has 0 aliphatic carbocycles. The first-order chi connectivity index (χ1) is 11.2. The quantitative estimate of drug-likeness (QED) is 0.272. The van der Waals surface area contributed by atoms with E-state index in [0.717, 1.165) is 5.75 Å². The van der Waals surface area contributed by atoms with Crippen LogP contribution in [0.1, 0.15) is 13.8 Å². The van der Waals surface area contributed by atoms with Crippen LogP contribution < -0.4 is 0 Å². The first-order valence-corrected chi connectivity index (χ1v) is 8.62. The second-order valence-corrected chi connectivity index (χ2v) is 6.39. The van der Waals surface area contributed by atoms with E-state index in [0.29, 0.717) is 6.61 Å². The second-order valence-electron chi connectivity index (χ2n) is 5.19. The Balaban J connectivity index is 0.000000505. The third-order valence-corrected chi connectivity index (χ3v) is 4.52. The van der Waals surface area contributed by atoms with Gasteiger partial charge in [-0.3, -0.25) is 0 Å². The summed E-state index contributed by atoms with van der Waals surface area (Å²) in [4.78, 5) is 1.29. The van der Waals surface area contributed by atoms with Gasteiger partial charge in [-0.15, -0.1) is 0 Å². The minimum absolute atomic E-state index is 0.146. The Morgan fingerprint density at radius 1 is 1.08 bits per heavy atom. The molecular weight excluding hydrogens is 343 g/mol. The van der Waals surface area contributed by atoms with E-state index < -0.39 is 13.5 Å². The minimum atomic E-state index is -6.00. The summed E-state index contributed by atoms with van der Waals surface area (Å²) in [5.41, 5.74) is 0. The molecule has 1 N–H and O–H groups in total. The van der Waals surface area contributed by atoms with E-state index in [4.69, 9.17) is 4.74 Å². The number of halogens is 4. The van der Waals surface area contributed by atoms with E-state index in [1.54, 1.807) is 0 Å². The van der Waals surface area contributed by atoms with Gasteiger partial charge < -0.3 is 27.1 Å². The van der Waals surface area contributed by atoms with Gasteiger partial charge in [-0.05, 0) is 29.8 Å². The number of hydrogen-bond donors (Lipinski definition) is 1. The molecule has 0 radical (unpaired) electrons. The zero-order valence-corrected chi connectivity index (χ0v) is 14.4. The molecule has 0 bridgehead atoms. The zero-order chi connectivity index (χ0) is 18.2. The fraction of sp³-hybridized carbons (Fsp3) is 0.375. The molecule has 0 aromatic heterocycles. The molecule has 2 aromatic carbocycles. The molecule has 2 rings (SSSR count). The van der Waals surface area contributed by atoms with Crippen LogP contribution in [-0.4, -0.2) is 31.0 Å². The molecule has 0 heterocycles. The van der Waals surface area contributed by atoms with Crippen molar-refractivity contribution in [1.29, 1.82) is 0 Å². The van der Waals surface area contributed by atoms with Crippen LogP contribution in [0, 0.1) is 5.92 Å². The van der Waals surface area contributed by atoms with E-state index in [9.17, 15) is 22.4 Å². The summed E-state index contributed by atoms with van der Waals surface area (Å²) in [6.45, 7) is 4.48. The second kappa shape index (κ2) is 9.91. The molecule has 0 aliphatic heterocycles. The predicted octanol–water partition coefficient (Wildman–Crippen LogP) is 4.30. The van der Waals surface area contributed by atoms with Gasteiger partial charge in [-0.2, -0.15) is 0 Å². The molecule has 134 valence electrons. The number of ether oxygens (including phenoxy) is 1. The maximum Gasteiger partial charge on any atom is 0.673 e. The van der Waals surface area contributed by atoms with Gasteiger partial charge in [0, 0.05) is 24.4 Å². The van der Waals surface area contributed by atoms with Crippen LogP contribution in [0.15, 0.2) is 47.4 Å². The highest BCUT2D eigenvalue weighted by Gasteiger charge is 2.20. The van der Waals surface area contributed by atoms with Crippen molar-refractivity contribution in [1.82, 2.24) is 0 Å². The lowest BCUT2D eigenvalue weighted by Gasteiger charge is -2.15. The highest BCUT2D eigenvalue weighted by atomic mass is 32.2. The fourth-order valence-electron chi connectivity index (χ4n) is 1.95. The summed E-state index contributed by atoms with van der Waals surface area (Å²) in [7, 11) is -6.00. The normalized spacial score (nSPS) is 14.0. The van der Waals surface area contributed by atoms with Crippen molar-refractivity contribution < 1.29 is 27.1 Å². The first kappa shape index (κ1) is 20.8. The molecule has 2 atom stereocenters. The Morgan fingerprint density at radius 3 is 2.25 bits per heavy atom.